The van der Waals surface area contributed by atoms with Gasteiger partial charge in [-0.1, -0.05) is 80.1 Å². The molecule has 5 N–H and O–H groups in total. The number of piperazine rings is 1. The normalized spacial score (nSPS) is 16.5. The number of para-hydroxylation sites is 1. The number of aliphatic hydroxyl groups excluding tert-OH is 1. The summed E-state index contributed by atoms with van der Waals surface area (Å²) in [6, 6.07) is 13.1. The van der Waals surface area contributed by atoms with Crippen molar-refractivity contribution in [2.75, 3.05) is 74.7 Å². The van der Waals surface area contributed by atoms with Crippen molar-refractivity contribution in [1.82, 2.24) is 40.4 Å². The zero-order valence-electron chi connectivity index (χ0n) is 39.9. The summed E-state index contributed by atoms with van der Waals surface area (Å²) in [5, 5.41) is 23.2. The average molecular weight is 1020 g/mol. The molecule has 1 unspecified atom stereocenters. The lowest BCUT2D eigenvalue weighted by Gasteiger charge is -2.35. The maximum absolute atomic E-state index is 14.0. The van der Waals surface area contributed by atoms with E-state index < -0.39 is 41.3 Å². The van der Waals surface area contributed by atoms with Crippen molar-refractivity contribution in [3.63, 3.8) is 0 Å². The van der Waals surface area contributed by atoms with E-state index in [4.69, 9.17) is 21.1 Å². The van der Waals surface area contributed by atoms with Crippen LogP contribution in [0.5, 0.6) is 0 Å². The highest BCUT2D eigenvalue weighted by Crippen LogP contribution is 2.31. The zero-order valence-corrected chi connectivity index (χ0v) is 42.3. The Morgan fingerprint density at radius 2 is 1.67 bits per heavy atom. The third-order valence-electron chi connectivity index (χ3n) is 11.7. The fourth-order valence-corrected chi connectivity index (χ4v) is 9.79. The summed E-state index contributed by atoms with van der Waals surface area (Å²) in [5.74, 6) is -0.199. The maximum atomic E-state index is 14.0. The Kier molecular flexibility index (Phi) is 17.2. The topological polar surface area (TPSA) is 233 Å². The molecule has 0 saturated carbocycles. The van der Waals surface area contributed by atoms with Crippen LogP contribution in [-0.4, -0.2) is 142 Å². The van der Waals surface area contributed by atoms with E-state index in [1.165, 1.54) is 22.4 Å². The smallest absolute Gasteiger partial charge is 0.267 e. The van der Waals surface area contributed by atoms with Gasteiger partial charge in [0.15, 0.2) is 5.13 Å². The van der Waals surface area contributed by atoms with Crippen LogP contribution in [0.4, 0.5) is 22.5 Å². The number of aryl methyl sites for hydroxylation is 3. The van der Waals surface area contributed by atoms with Crippen LogP contribution < -0.4 is 26.2 Å². The van der Waals surface area contributed by atoms with E-state index in [0.717, 1.165) is 27.3 Å². The number of carbonyl (C=O) groups is 5. The van der Waals surface area contributed by atoms with E-state index in [-0.39, 0.29) is 57.8 Å². The molecule has 70 heavy (non-hydrogen) atoms. The van der Waals surface area contributed by atoms with E-state index >= 15 is 0 Å². The summed E-state index contributed by atoms with van der Waals surface area (Å²) in [5.41, 5.74) is 5.32. The second-order valence-electron chi connectivity index (χ2n) is 18.1. The fraction of sp³-hybridized carbons (Fsp3) is 0.438. The van der Waals surface area contributed by atoms with Crippen molar-refractivity contribution in [1.29, 1.82) is 0 Å². The number of rotatable bonds is 18. The van der Waals surface area contributed by atoms with Gasteiger partial charge < -0.3 is 50.5 Å². The molecule has 2 aliphatic heterocycles. The van der Waals surface area contributed by atoms with Crippen LogP contribution >= 0.6 is 34.3 Å². The molecule has 2 aliphatic rings. The fourth-order valence-electron chi connectivity index (χ4n) is 7.99. The molecular weight excluding hydrogens is 958 g/mol. The van der Waals surface area contributed by atoms with Crippen LogP contribution in [-0.2, 0) is 35.2 Å². The first-order valence-corrected chi connectivity index (χ1v) is 24.9. The minimum Gasteiger partial charge on any atom is -0.391 e. The number of aliphatic hydroxyl groups is 1. The van der Waals surface area contributed by atoms with E-state index in [9.17, 15) is 29.1 Å². The first-order valence-electron chi connectivity index (χ1n) is 22.8. The van der Waals surface area contributed by atoms with Gasteiger partial charge in [-0.25, -0.2) is 19.9 Å². The largest absolute Gasteiger partial charge is 0.391 e. The molecule has 5 amide bonds. The van der Waals surface area contributed by atoms with E-state index in [1.54, 1.807) is 61.6 Å². The van der Waals surface area contributed by atoms with Gasteiger partial charge in [-0.15, -0.1) is 11.3 Å². The number of amides is 5. The number of aromatic nitrogens is 4. The molecule has 2 fully saturated rings. The van der Waals surface area contributed by atoms with Gasteiger partial charge in [0.2, 0.25) is 23.6 Å². The molecule has 0 spiro atoms. The van der Waals surface area contributed by atoms with Gasteiger partial charge in [0, 0.05) is 51.8 Å². The summed E-state index contributed by atoms with van der Waals surface area (Å²) in [7, 11) is 0. The SMILES string of the molecule is Cc1nc(Nc2ncc(C(=O)Nc3c(C)cccc3Cl)s2)cc(N2CCN(C(=O)COCCOCC(=O)NC(C(=O)N3C[C@H](O)C[C@H]3C(=O)NCc3ccc(-c4scnc4C)cc3)C(C)(C)C)CC2)n1. The third kappa shape index (κ3) is 13.4. The molecule has 5 aromatic rings. The lowest BCUT2D eigenvalue weighted by molar-refractivity contribution is -0.144. The summed E-state index contributed by atoms with van der Waals surface area (Å²) in [4.78, 5) is 90.9. The number of nitrogens with zero attached hydrogens (tertiary/aromatic N) is 7. The molecule has 3 aromatic heterocycles. The number of benzene rings is 2. The van der Waals surface area contributed by atoms with Gasteiger partial charge in [0.1, 0.15) is 47.6 Å². The zero-order chi connectivity index (χ0) is 50.1. The molecule has 22 heteroatoms. The summed E-state index contributed by atoms with van der Waals surface area (Å²) in [6.07, 6.45) is 0.662. The number of hydrogen-bond donors (Lipinski definition) is 5. The lowest BCUT2D eigenvalue weighted by atomic mass is 9.85. The molecule has 3 atom stereocenters. The molecule has 19 nitrogen and oxygen atoms in total. The molecule has 2 aromatic carbocycles. The van der Waals surface area contributed by atoms with Gasteiger partial charge in [0.25, 0.3) is 5.91 Å². The lowest BCUT2D eigenvalue weighted by Crippen LogP contribution is -2.58. The second-order valence-corrected chi connectivity index (χ2v) is 20.4. The minimum absolute atomic E-state index is 0.0258. The van der Waals surface area contributed by atoms with Crippen molar-refractivity contribution in [3.8, 4) is 10.4 Å². The van der Waals surface area contributed by atoms with Crippen LogP contribution in [0.15, 0.2) is 60.2 Å². The first kappa shape index (κ1) is 51.7. The monoisotopic (exact) mass is 1020 g/mol. The van der Waals surface area contributed by atoms with E-state index in [0.29, 0.717) is 64.4 Å². The van der Waals surface area contributed by atoms with Gasteiger partial charge >= 0.3 is 0 Å². The number of carbonyl (C=O) groups excluding carboxylic acids is 5. The van der Waals surface area contributed by atoms with Crippen molar-refractivity contribution in [2.45, 2.75) is 72.7 Å². The van der Waals surface area contributed by atoms with E-state index in [1.807, 2.05) is 50.2 Å². The van der Waals surface area contributed by atoms with Gasteiger partial charge in [0.05, 0.1) is 52.3 Å². The number of anilines is 4. The highest BCUT2D eigenvalue weighted by atomic mass is 35.5. The standard InChI is InChI=1S/C48H58ClN11O8S2/c1-28-8-7-9-34(49)41(28)57-45(65)36-23-51-47(70-36)55-37-21-38(54-30(3)53-37)58-14-16-59(17-15-58)40(63)26-68-19-18-67-25-39(62)56-43(48(4,5)6)46(66)60-24-33(61)20-35(60)44(64)50-22-31-10-12-32(13-11-31)42-29(2)52-27-69-42/h7-13,21,23,27,33,35,43,61H,14-20,22,24-26H2,1-6H3,(H,50,64)(H,56,62)(H,57,65)(H,51,53,54,55)/t33-,35+,43?/m1/s1. The first-order chi connectivity index (χ1) is 33.4. The molecule has 372 valence electrons. The van der Waals surface area contributed by atoms with E-state index in [2.05, 4.69) is 46.1 Å². The number of halogens is 1. The number of likely N-dealkylation sites (tertiary alicyclic amines) is 1. The predicted octanol–water partition coefficient (Wildman–Crippen LogP) is 5.12. The van der Waals surface area contributed by atoms with Crippen molar-refractivity contribution >= 4 is 86.3 Å². The van der Waals surface area contributed by atoms with Crippen LogP contribution in [0.3, 0.4) is 0 Å². The number of ether oxygens (including phenoxy) is 2. The molecule has 2 saturated heterocycles. The minimum atomic E-state index is -1.01. The van der Waals surface area contributed by atoms with Crippen LogP contribution in [0.1, 0.15) is 59.5 Å². The Balaban J connectivity index is 0.806. The van der Waals surface area contributed by atoms with Crippen molar-refractivity contribution in [2.24, 2.45) is 5.41 Å². The summed E-state index contributed by atoms with van der Waals surface area (Å²) in [6.45, 7) is 12.7. The Morgan fingerprint density at radius 1 is 0.943 bits per heavy atom. The molecule has 0 bridgehead atoms. The molecule has 7 rings (SSSR count). The predicted molar refractivity (Wildman–Crippen MR) is 268 cm³/mol. The maximum Gasteiger partial charge on any atom is 0.267 e. The quantitative estimate of drug-likeness (QED) is 0.0718. The Morgan fingerprint density at radius 3 is 2.36 bits per heavy atom. The number of hydrogen-bond acceptors (Lipinski definition) is 16. The number of thiazole rings is 2. The van der Waals surface area contributed by atoms with Crippen molar-refractivity contribution < 1.29 is 38.6 Å². The Hall–Kier alpha value is -6.10. The third-order valence-corrected chi connectivity index (χ3v) is 14.0. The van der Waals surface area contributed by atoms with Crippen molar-refractivity contribution in [3.05, 3.63) is 92.8 Å². The second kappa shape index (κ2) is 23.2. The summed E-state index contributed by atoms with van der Waals surface area (Å²) < 4.78 is 11.1. The van der Waals surface area contributed by atoms with Gasteiger partial charge in [-0.05, 0) is 48.9 Å². The Bertz CT molecular complexity index is 2650. The number of β-amino-alcohol motifs (C(OH)–C–C–N with tert-alkyl or cyclic N) is 1. The van der Waals surface area contributed by atoms with Crippen LogP contribution in [0, 0.1) is 26.2 Å². The molecule has 0 radical (unpaired) electrons. The number of nitrogens with one attached hydrogen (secondary N) is 4. The van der Waals surface area contributed by atoms with Gasteiger partial charge in [-0.3, -0.25) is 24.0 Å². The van der Waals surface area contributed by atoms with Crippen LogP contribution in [0.2, 0.25) is 5.02 Å². The average Bonchev–Trinajstić information content (AvgIpc) is 4.09. The van der Waals surface area contributed by atoms with Crippen LogP contribution in [0.25, 0.3) is 10.4 Å². The highest BCUT2D eigenvalue weighted by molar-refractivity contribution is 7.17. The molecule has 0 aliphatic carbocycles. The summed E-state index contributed by atoms with van der Waals surface area (Å²) >= 11 is 9.03. The van der Waals surface area contributed by atoms with Gasteiger partial charge in [-0.2, -0.15) is 0 Å². The highest BCUT2D eigenvalue weighted by Gasteiger charge is 2.44. The Labute approximate surface area is 419 Å². The molecule has 5 heterocycles. The molecular formula is C48H58ClN11O8S2.